The number of nitrogens with one attached hydrogen (secondary N) is 1. The van der Waals surface area contributed by atoms with Crippen LogP contribution in [0, 0.1) is 0 Å². The van der Waals surface area contributed by atoms with Gasteiger partial charge < -0.3 is 10.1 Å². The maximum absolute atomic E-state index is 12.3. The van der Waals surface area contributed by atoms with Crippen molar-refractivity contribution < 1.29 is 9.53 Å². The molecule has 172 valence electrons. The molecule has 1 heterocycles. The smallest absolute Gasteiger partial charge is 0.407 e. The summed E-state index contributed by atoms with van der Waals surface area (Å²) in [6.07, 6.45) is 11.1. The Morgan fingerprint density at radius 3 is 2.45 bits per heavy atom. The van der Waals surface area contributed by atoms with Crippen LogP contribution in [-0.2, 0) is 11.2 Å². The molecule has 3 aromatic rings. The van der Waals surface area contributed by atoms with Crippen LogP contribution in [0.4, 0.5) is 4.79 Å². The van der Waals surface area contributed by atoms with Crippen LogP contribution < -0.4 is 5.32 Å². The van der Waals surface area contributed by atoms with E-state index in [0.717, 1.165) is 12.8 Å². The standard InChI is InChI=1S/C29H33NO2S/c1-2-3-4-5-12-22-18-20-33-28(22)17-10-11-19-30-29(31)32-21-27-25-15-8-6-13-23(25)24-14-7-9-16-26(24)27/h6-10,13-18,20,27H,2-5,11-12,19,21H2,1H3,(H,30,31). The number of alkyl carbamates (subject to hydrolysis) is 1. The Morgan fingerprint density at radius 2 is 1.73 bits per heavy atom. The molecule has 0 atom stereocenters. The first kappa shape index (κ1) is 23.3. The summed E-state index contributed by atoms with van der Waals surface area (Å²) in [5.74, 6) is 0.0950. The highest BCUT2D eigenvalue weighted by Crippen LogP contribution is 2.44. The Kier molecular flexibility index (Phi) is 8.37. The average Bonchev–Trinajstić information content (AvgIpc) is 3.42. The van der Waals surface area contributed by atoms with Gasteiger partial charge in [-0.05, 0) is 64.6 Å². The first-order valence-electron chi connectivity index (χ1n) is 12.1. The average molecular weight is 460 g/mol. The number of fused-ring (bicyclic) bond motifs is 3. The number of unbranched alkanes of at least 4 members (excludes halogenated alkanes) is 3. The van der Waals surface area contributed by atoms with Gasteiger partial charge in [0.1, 0.15) is 6.61 Å². The van der Waals surface area contributed by atoms with E-state index in [4.69, 9.17) is 4.74 Å². The Balaban J connectivity index is 1.21. The van der Waals surface area contributed by atoms with Gasteiger partial charge in [-0.2, -0.15) is 0 Å². The molecular formula is C29H33NO2S. The second-order valence-corrected chi connectivity index (χ2v) is 9.51. The topological polar surface area (TPSA) is 38.3 Å². The fraction of sp³-hybridized carbons (Fsp3) is 0.345. The molecule has 1 aliphatic carbocycles. The van der Waals surface area contributed by atoms with Crippen LogP contribution in [0.25, 0.3) is 17.2 Å². The minimum atomic E-state index is -0.349. The third-order valence-corrected chi connectivity index (χ3v) is 7.20. The van der Waals surface area contributed by atoms with E-state index in [1.165, 1.54) is 58.4 Å². The number of aryl methyl sites for hydroxylation is 1. The van der Waals surface area contributed by atoms with E-state index in [0.29, 0.717) is 13.2 Å². The van der Waals surface area contributed by atoms with Crippen molar-refractivity contribution in [3.8, 4) is 11.1 Å². The lowest BCUT2D eigenvalue weighted by molar-refractivity contribution is 0.143. The highest BCUT2D eigenvalue weighted by Gasteiger charge is 2.28. The summed E-state index contributed by atoms with van der Waals surface area (Å²) >= 11 is 1.79. The monoisotopic (exact) mass is 459 g/mol. The lowest BCUT2D eigenvalue weighted by Crippen LogP contribution is -2.26. The normalized spacial score (nSPS) is 12.6. The predicted octanol–water partition coefficient (Wildman–Crippen LogP) is 7.81. The molecule has 0 radical (unpaired) electrons. The third kappa shape index (κ3) is 5.94. The fourth-order valence-electron chi connectivity index (χ4n) is 4.54. The lowest BCUT2D eigenvalue weighted by Gasteiger charge is -2.14. The van der Waals surface area contributed by atoms with Crippen molar-refractivity contribution >= 4 is 23.5 Å². The van der Waals surface area contributed by atoms with Crippen molar-refractivity contribution in [3.63, 3.8) is 0 Å². The van der Waals surface area contributed by atoms with Gasteiger partial charge in [0.2, 0.25) is 0 Å². The number of thiophene rings is 1. The van der Waals surface area contributed by atoms with Crippen molar-refractivity contribution in [1.82, 2.24) is 5.32 Å². The quantitative estimate of drug-likeness (QED) is 0.297. The number of carbonyl (C=O) groups is 1. The van der Waals surface area contributed by atoms with Gasteiger partial charge in [0.05, 0.1) is 0 Å². The van der Waals surface area contributed by atoms with E-state index < -0.39 is 0 Å². The SMILES string of the molecule is CCCCCCc1ccsc1C=CCCNC(=O)OCC1c2ccccc2-c2ccccc21. The van der Waals surface area contributed by atoms with Crippen molar-refractivity contribution in [1.29, 1.82) is 0 Å². The van der Waals surface area contributed by atoms with Gasteiger partial charge in [-0.3, -0.25) is 0 Å². The summed E-state index contributed by atoms with van der Waals surface area (Å²) in [6, 6.07) is 19.0. The molecule has 1 aliphatic rings. The van der Waals surface area contributed by atoms with Gasteiger partial charge in [0.25, 0.3) is 0 Å². The number of amides is 1. The Labute approximate surface area is 201 Å². The summed E-state index contributed by atoms with van der Waals surface area (Å²) in [7, 11) is 0. The summed E-state index contributed by atoms with van der Waals surface area (Å²) in [6.45, 7) is 3.17. The van der Waals surface area contributed by atoms with Crippen LogP contribution >= 0.6 is 11.3 Å². The van der Waals surface area contributed by atoms with Crippen molar-refractivity contribution in [3.05, 3.63) is 87.6 Å². The van der Waals surface area contributed by atoms with Gasteiger partial charge in [-0.15, -0.1) is 11.3 Å². The zero-order chi connectivity index (χ0) is 22.9. The summed E-state index contributed by atoms with van der Waals surface area (Å²) in [5.41, 5.74) is 6.39. The number of rotatable bonds is 11. The molecule has 2 aromatic carbocycles. The highest BCUT2D eigenvalue weighted by atomic mass is 32.1. The molecule has 0 saturated carbocycles. The van der Waals surface area contributed by atoms with Gasteiger partial charge in [0, 0.05) is 17.3 Å². The zero-order valence-electron chi connectivity index (χ0n) is 19.4. The fourth-order valence-corrected chi connectivity index (χ4v) is 5.41. The molecule has 0 fully saturated rings. The van der Waals surface area contributed by atoms with Crippen molar-refractivity contribution in [2.24, 2.45) is 0 Å². The van der Waals surface area contributed by atoms with Crippen LogP contribution in [0.3, 0.4) is 0 Å². The minimum absolute atomic E-state index is 0.0950. The van der Waals surface area contributed by atoms with Crippen LogP contribution in [-0.4, -0.2) is 19.2 Å². The maximum atomic E-state index is 12.3. The molecule has 1 aromatic heterocycles. The zero-order valence-corrected chi connectivity index (χ0v) is 20.2. The number of carbonyl (C=O) groups excluding carboxylic acids is 1. The lowest BCUT2D eigenvalue weighted by atomic mass is 9.98. The molecule has 33 heavy (non-hydrogen) atoms. The molecule has 0 saturated heterocycles. The Morgan fingerprint density at radius 1 is 1.00 bits per heavy atom. The molecule has 1 N–H and O–H groups in total. The van der Waals surface area contributed by atoms with Crippen LogP contribution in [0.2, 0.25) is 0 Å². The van der Waals surface area contributed by atoms with E-state index in [1.54, 1.807) is 11.3 Å². The number of hydrogen-bond acceptors (Lipinski definition) is 3. The summed E-state index contributed by atoms with van der Waals surface area (Å²) < 4.78 is 5.60. The van der Waals surface area contributed by atoms with E-state index in [9.17, 15) is 4.79 Å². The van der Waals surface area contributed by atoms with Gasteiger partial charge in [-0.25, -0.2) is 4.79 Å². The molecule has 0 spiro atoms. The van der Waals surface area contributed by atoms with Gasteiger partial charge in [-0.1, -0.05) is 80.8 Å². The van der Waals surface area contributed by atoms with E-state index in [1.807, 2.05) is 12.1 Å². The van der Waals surface area contributed by atoms with Crippen LogP contribution in [0.5, 0.6) is 0 Å². The van der Waals surface area contributed by atoms with Gasteiger partial charge in [0.15, 0.2) is 0 Å². The molecule has 0 aliphatic heterocycles. The van der Waals surface area contributed by atoms with E-state index >= 15 is 0 Å². The van der Waals surface area contributed by atoms with Crippen molar-refractivity contribution in [2.45, 2.75) is 51.4 Å². The second-order valence-electron chi connectivity index (χ2n) is 8.56. The highest BCUT2D eigenvalue weighted by molar-refractivity contribution is 7.11. The number of benzene rings is 2. The maximum Gasteiger partial charge on any atom is 0.407 e. The molecule has 0 unspecified atom stereocenters. The molecule has 3 nitrogen and oxygen atoms in total. The van der Waals surface area contributed by atoms with Crippen molar-refractivity contribution in [2.75, 3.05) is 13.2 Å². The number of ether oxygens (including phenoxy) is 1. The Bertz CT molecular complexity index is 1040. The van der Waals surface area contributed by atoms with Crippen LogP contribution in [0.15, 0.2) is 66.1 Å². The third-order valence-electron chi connectivity index (χ3n) is 6.27. The Hall–Kier alpha value is -2.85. The summed E-state index contributed by atoms with van der Waals surface area (Å²) in [5, 5.41) is 5.06. The molecule has 0 bridgehead atoms. The van der Waals surface area contributed by atoms with E-state index in [2.05, 4.69) is 72.2 Å². The molecular weight excluding hydrogens is 426 g/mol. The first-order valence-corrected chi connectivity index (χ1v) is 13.0. The number of hydrogen-bond donors (Lipinski definition) is 1. The van der Waals surface area contributed by atoms with Crippen LogP contribution in [0.1, 0.15) is 66.5 Å². The van der Waals surface area contributed by atoms with E-state index in [-0.39, 0.29) is 12.0 Å². The molecule has 4 rings (SSSR count). The predicted molar refractivity (Wildman–Crippen MR) is 139 cm³/mol. The largest absolute Gasteiger partial charge is 0.449 e. The first-order chi connectivity index (χ1) is 16.3. The minimum Gasteiger partial charge on any atom is -0.449 e. The summed E-state index contributed by atoms with van der Waals surface area (Å²) in [4.78, 5) is 13.6. The van der Waals surface area contributed by atoms with Gasteiger partial charge >= 0.3 is 6.09 Å². The second kappa shape index (κ2) is 11.9. The molecule has 4 heteroatoms. The molecule has 1 amide bonds.